The number of carbonyl (C=O) groups excluding carboxylic acids is 1. The van der Waals surface area contributed by atoms with E-state index < -0.39 is 0 Å². The summed E-state index contributed by atoms with van der Waals surface area (Å²) in [6, 6.07) is 11.3. The second kappa shape index (κ2) is 7.15. The molecule has 1 aliphatic carbocycles. The van der Waals surface area contributed by atoms with Gasteiger partial charge < -0.3 is 14.6 Å². The molecule has 6 heteroatoms. The van der Waals surface area contributed by atoms with Crippen LogP contribution in [0.3, 0.4) is 0 Å². The van der Waals surface area contributed by atoms with Gasteiger partial charge >= 0.3 is 0 Å². The van der Waals surface area contributed by atoms with Gasteiger partial charge in [0.15, 0.2) is 0 Å². The summed E-state index contributed by atoms with van der Waals surface area (Å²) in [5.41, 5.74) is 2.45. The fourth-order valence-electron chi connectivity index (χ4n) is 3.38. The van der Waals surface area contributed by atoms with E-state index in [4.69, 9.17) is 4.74 Å². The van der Waals surface area contributed by atoms with Crippen LogP contribution in [0.1, 0.15) is 41.9 Å². The van der Waals surface area contributed by atoms with Crippen molar-refractivity contribution in [2.24, 2.45) is 0 Å². The highest BCUT2D eigenvalue weighted by Gasteiger charge is 2.19. The van der Waals surface area contributed by atoms with Crippen LogP contribution in [0.5, 0.6) is 5.88 Å². The van der Waals surface area contributed by atoms with Crippen molar-refractivity contribution in [3.8, 4) is 5.88 Å². The lowest BCUT2D eigenvalue weighted by Crippen LogP contribution is -2.26. The molecule has 1 aliphatic rings. The van der Waals surface area contributed by atoms with Gasteiger partial charge in [0, 0.05) is 24.9 Å². The zero-order chi connectivity index (χ0) is 17.9. The second-order valence-corrected chi connectivity index (χ2v) is 6.77. The number of imidazole rings is 1. The van der Waals surface area contributed by atoms with Gasteiger partial charge in [0.2, 0.25) is 5.88 Å². The van der Waals surface area contributed by atoms with E-state index in [1.54, 1.807) is 30.3 Å². The van der Waals surface area contributed by atoms with Crippen molar-refractivity contribution in [1.29, 1.82) is 0 Å². The number of H-pyrrole nitrogens is 1. The number of amides is 1. The minimum Gasteiger partial charge on any atom is -0.474 e. The number of benzene rings is 1. The van der Waals surface area contributed by atoms with Crippen LogP contribution in [-0.2, 0) is 6.54 Å². The van der Waals surface area contributed by atoms with Crippen LogP contribution in [0.25, 0.3) is 11.0 Å². The summed E-state index contributed by atoms with van der Waals surface area (Å²) in [7, 11) is 1.77. The molecule has 1 amide bonds. The maximum atomic E-state index is 12.8. The molecule has 0 aliphatic heterocycles. The molecule has 0 saturated heterocycles. The van der Waals surface area contributed by atoms with Gasteiger partial charge in [-0.2, -0.15) is 0 Å². The van der Waals surface area contributed by atoms with E-state index in [-0.39, 0.29) is 12.0 Å². The third-order valence-electron chi connectivity index (χ3n) is 4.74. The summed E-state index contributed by atoms with van der Waals surface area (Å²) in [6.07, 6.45) is 6.37. The number of fused-ring (bicyclic) bond motifs is 1. The number of nitrogens with one attached hydrogen (secondary N) is 1. The Balaban J connectivity index is 1.45. The van der Waals surface area contributed by atoms with Gasteiger partial charge in [-0.25, -0.2) is 9.97 Å². The Kier molecular flexibility index (Phi) is 4.56. The number of ether oxygens (including phenoxy) is 1. The van der Waals surface area contributed by atoms with E-state index >= 15 is 0 Å². The summed E-state index contributed by atoms with van der Waals surface area (Å²) >= 11 is 0. The molecule has 134 valence electrons. The molecular weight excluding hydrogens is 328 g/mol. The van der Waals surface area contributed by atoms with Crippen LogP contribution >= 0.6 is 0 Å². The zero-order valence-electron chi connectivity index (χ0n) is 14.8. The molecule has 1 aromatic carbocycles. The quantitative estimate of drug-likeness (QED) is 0.764. The van der Waals surface area contributed by atoms with Crippen molar-refractivity contribution >= 4 is 16.9 Å². The molecule has 0 atom stereocenters. The van der Waals surface area contributed by atoms with E-state index in [1.807, 2.05) is 24.3 Å². The molecule has 1 fully saturated rings. The Hall–Kier alpha value is -2.89. The molecule has 2 heterocycles. The first-order valence-electron chi connectivity index (χ1n) is 9.01. The minimum atomic E-state index is -0.0795. The van der Waals surface area contributed by atoms with Crippen molar-refractivity contribution in [2.75, 3.05) is 7.05 Å². The summed E-state index contributed by atoms with van der Waals surface area (Å²) in [6.45, 7) is 0.411. The summed E-state index contributed by atoms with van der Waals surface area (Å²) in [5, 5.41) is 0. The number of hydrogen-bond donors (Lipinski definition) is 1. The Morgan fingerprint density at radius 3 is 2.88 bits per heavy atom. The third kappa shape index (κ3) is 3.54. The smallest absolute Gasteiger partial charge is 0.254 e. The monoisotopic (exact) mass is 350 g/mol. The Morgan fingerprint density at radius 1 is 1.27 bits per heavy atom. The van der Waals surface area contributed by atoms with Gasteiger partial charge in [-0.1, -0.05) is 12.1 Å². The van der Waals surface area contributed by atoms with E-state index in [9.17, 15) is 4.79 Å². The van der Waals surface area contributed by atoms with Gasteiger partial charge in [-0.05, 0) is 43.9 Å². The van der Waals surface area contributed by atoms with Gasteiger partial charge in [0.25, 0.3) is 5.91 Å². The maximum Gasteiger partial charge on any atom is 0.254 e. The maximum absolute atomic E-state index is 12.8. The van der Waals surface area contributed by atoms with Crippen LogP contribution in [-0.4, -0.2) is 38.9 Å². The van der Waals surface area contributed by atoms with Gasteiger partial charge in [0.1, 0.15) is 11.9 Å². The first-order chi connectivity index (χ1) is 12.7. The average Bonchev–Trinajstić information content (AvgIpc) is 3.30. The zero-order valence-corrected chi connectivity index (χ0v) is 14.8. The van der Waals surface area contributed by atoms with Crippen molar-refractivity contribution in [3.63, 3.8) is 0 Å². The van der Waals surface area contributed by atoms with E-state index in [0.717, 1.165) is 29.7 Å². The summed E-state index contributed by atoms with van der Waals surface area (Å²) in [5.74, 6) is 1.21. The van der Waals surface area contributed by atoms with E-state index in [0.29, 0.717) is 18.0 Å². The topological polar surface area (TPSA) is 71.1 Å². The minimum absolute atomic E-state index is 0.0795. The highest BCUT2D eigenvalue weighted by Crippen LogP contribution is 2.23. The number of nitrogens with zero attached hydrogens (tertiary/aromatic N) is 3. The molecule has 0 spiro atoms. The molecule has 6 nitrogen and oxygen atoms in total. The van der Waals surface area contributed by atoms with E-state index in [1.165, 1.54) is 12.8 Å². The Labute approximate surface area is 152 Å². The molecule has 2 aromatic heterocycles. The number of para-hydroxylation sites is 2. The highest BCUT2D eigenvalue weighted by atomic mass is 16.5. The Morgan fingerprint density at radius 2 is 2.08 bits per heavy atom. The van der Waals surface area contributed by atoms with Crippen molar-refractivity contribution < 1.29 is 9.53 Å². The molecule has 1 N–H and O–H groups in total. The first-order valence-corrected chi connectivity index (χ1v) is 9.01. The number of rotatable bonds is 5. The van der Waals surface area contributed by atoms with Crippen LogP contribution in [0.4, 0.5) is 0 Å². The van der Waals surface area contributed by atoms with Gasteiger partial charge in [-0.3, -0.25) is 4.79 Å². The van der Waals surface area contributed by atoms with E-state index in [2.05, 4.69) is 15.0 Å². The van der Waals surface area contributed by atoms with Crippen molar-refractivity contribution in [3.05, 3.63) is 54.0 Å². The SMILES string of the molecule is CN(Cc1nc2ccccc2[nH]1)C(=O)c1ccnc(OC2CCCC2)c1. The molecule has 1 saturated carbocycles. The Bertz CT molecular complexity index is 882. The van der Waals surface area contributed by atoms with Crippen LogP contribution in [0.2, 0.25) is 0 Å². The number of aromatic nitrogens is 3. The number of pyridine rings is 1. The fraction of sp³-hybridized carbons (Fsp3) is 0.350. The van der Waals surface area contributed by atoms with Crippen molar-refractivity contribution in [2.45, 2.75) is 38.3 Å². The molecule has 0 unspecified atom stereocenters. The number of aromatic amines is 1. The van der Waals surface area contributed by atoms with Crippen molar-refractivity contribution in [1.82, 2.24) is 19.9 Å². The standard InChI is InChI=1S/C20H22N4O2/c1-24(13-18-22-16-8-4-5-9-17(16)23-18)20(25)14-10-11-21-19(12-14)26-15-6-2-3-7-15/h4-5,8-12,15H,2-3,6-7,13H2,1H3,(H,22,23). The van der Waals surface area contributed by atoms with Crippen LogP contribution in [0.15, 0.2) is 42.6 Å². The molecule has 0 bridgehead atoms. The lowest BCUT2D eigenvalue weighted by atomic mass is 10.2. The molecule has 3 aromatic rings. The third-order valence-corrected chi connectivity index (χ3v) is 4.74. The highest BCUT2D eigenvalue weighted by molar-refractivity contribution is 5.94. The average molecular weight is 350 g/mol. The second-order valence-electron chi connectivity index (χ2n) is 6.77. The molecular formula is C20H22N4O2. The van der Waals surface area contributed by atoms with Gasteiger partial charge in [0.05, 0.1) is 17.6 Å². The van der Waals surface area contributed by atoms with Crippen LogP contribution < -0.4 is 4.74 Å². The first kappa shape index (κ1) is 16.6. The summed E-state index contributed by atoms with van der Waals surface area (Å²) in [4.78, 5) is 26.4. The van der Waals surface area contributed by atoms with Crippen LogP contribution in [0, 0.1) is 0 Å². The predicted octanol–water partition coefficient (Wildman–Crippen LogP) is 3.55. The lowest BCUT2D eigenvalue weighted by Gasteiger charge is -2.17. The number of carbonyl (C=O) groups is 1. The predicted molar refractivity (Wildman–Crippen MR) is 99.0 cm³/mol. The van der Waals surface area contributed by atoms with Gasteiger partial charge in [-0.15, -0.1) is 0 Å². The fourth-order valence-corrected chi connectivity index (χ4v) is 3.38. The summed E-state index contributed by atoms with van der Waals surface area (Å²) < 4.78 is 5.90. The number of hydrogen-bond acceptors (Lipinski definition) is 4. The largest absolute Gasteiger partial charge is 0.474 e. The normalized spacial score (nSPS) is 14.7. The molecule has 26 heavy (non-hydrogen) atoms. The lowest BCUT2D eigenvalue weighted by molar-refractivity contribution is 0.0780. The molecule has 4 rings (SSSR count). The molecule has 0 radical (unpaired) electrons.